The fourth-order valence-corrected chi connectivity index (χ4v) is 2.33. The highest BCUT2D eigenvalue weighted by Crippen LogP contribution is 2.13. The van der Waals surface area contributed by atoms with Crippen molar-refractivity contribution < 1.29 is 19.1 Å². The van der Waals surface area contributed by atoms with Gasteiger partial charge < -0.3 is 10.1 Å². The topological polar surface area (TPSA) is 96.5 Å². The van der Waals surface area contributed by atoms with Crippen molar-refractivity contribution in [3.05, 3.63) is 59.7 Å². The summed E-state index contributed by atoms with van der Waals surface area (Å²) in [7, 11) is 0. The highest BCUT2D eigenvalue weighted by molar-refractivity contribution is 5.99. The molecule has 0 spiro atoms. The Morgan fingerprint density at radius 1 is 0.862 bits per heavy atom. The van der Waals surface area contributed by atoms with Crippen LogP contribution in [-0.2, 0) is 4.79 Å². The van der Waals surface area contributed by atoms with Crippen LogP contribution in [0.4, 0.5) is 5.69 Å². The van der Waals surface area contributed by atoms with Crippen LogP contribution >= 0.6 is 0 Å². The van der Waals surface area contributed by atoms with Crippen LogP contribution in [0.1, 0.15) is 54.3 Å². The zero-order valence-corrected chi connectivity index (χ0v) is 17.0. The van der Waals surface area contributed by atoms with Crippen LogP contribution in [0.25, 0.3) is 0 Å². The van der Waals surface area contributed by atoms with E-state index in [0.29, 0.717) is 41.5 Å². The number of hydrazine groups is 1. The summed E-state index contributed by atoms with van der Waals surface area (Å²) in [6.45, 7) is 6.64. The Balaban J connectivity index is 1.83. The van der Waals surface area contributed by atoms with Gasteiger partial charge in [-0.05, 0) is 60.9 Å². The van der Waals surface area contributed by atoms with Crippen LogP contribution in [0.3, 0.4) is 0 Å². The lowest BCUT2D eigenvalue weighted by Gasteiger charge is -2.10. The first-order chi connectivity index (χ1) is 13.9. The Morgan fingerprint density at radius 3 is 1.86 bits per heavy atom. The smallest absolute Gasteiger partial charge is 0.269 e. The quantitative estimate of drug-likeness (QED) is 0.594. The lowest BCUT2D eigenvalue weighted by atomic mass is 10.1. The summed E-state index contributed by atoms with van der Waals surface area (Å²) in [6, 6.07) is 13.1. The molecule has 0 bridgehead atoms. The molecule has 0 radical (unpaired) electrons. The molecule has 7 heteroatoms. The summed E-state index contributed by atoms with van der Waals surface area (Å²) in [4.78, 5) is 35.7. The Bertz CT molecular complexity index is 830. The van der Waals surface area contributed by atoms with Crippen molar-refractivity contribution in [1.29, 1.82) is 0 Å². The van der Waals surface area contributed by atoms with Crippen LogP contribution in [0.2, 0.25) is 0 Å². The number of benzene rings is 2. The van der Waals surface area contributed by atoms with Crippen molar-refractivity contribution in [2.24, 2.45) is 5.92 Å². The minimum Gasteiger partial charge on any atom is -0.494 e. The normalized spacial score (nSPS) is 10.3. The van der Waals surface area contributed by atoms with Gasteiger partial charge in [-0.3, -0.25) is 25.2 Å². The summed E-state index contributed by atoms with van der Waals surface area (Å²) in [6.07, 6.45) is 1.33. The number of ether oxygens (including phenoxy) is 1. The van der Waals surface area contributed by atoms with Crippen molar-refractivity contribution in [2.75, 3.05) is 11.9 Å². The van der Waals surface area contributed by atoms with Crippen molar-refractivity contribution in [1.82, 2.24) is 10.9 Å². The molecule has 0 aliphatic rings. The molecule has 0 aromatic heterocycles. The maximum atomic E-state index is 12.2. The van der Waals surface area contributed by atoms with Crippen LogP contribution < -0.4 is 20.9 Å². The molecule has 0 fully saturated rings. The van der Waals surface area contributed by atoms with Gasteiger partial charge >= 0.3 is 0 Å². The van der Waals surface area contributed by atoms with E-state index in [1.165, 1.54) is 0 Å². The van der Waals surface area contributed by atoms with Gasteiger partial charge in [-0.15, -0.1) is 0 Å². The molecular weight excluding hydrogens is 370 g/mol. The van der Waals surface area contributed by atoms with E-state index in [9.17, 15) is 14.4 Å². The van der Waals surface area contributed by atoms with E-state index >= 15 is 0 Å². The summed E-state index contributed by atoms with van der Waals surface area (Å²) in [5, 5.41) is 2.70. The molecule has 2 aromatic carbocycles. The van der Waals surface area contributed by atoms with Gasteiger partial charge in [-0.2, -0.15) is 0 Å². The number of rotatable bonds is 8. The Hall–Kier alpha value is -3.35. The minimum atomic E-state index is -0.458. The molecule has 3 amide bonds. The molecule has 0 saturated heterocycles. The zero-order chi connectivity index (χ0) is 21.2. The van der Waals surface area contributed by atoms with Gasteiger partial charge in [0, 0.05) is 23.2 Å². The van der Waals surface area contributed by atoms with Gasteiger partial charge in [0.25, 0.3) is 11.8 Å². The molecule has 0 aliphatic heterocycles. The summed E-state index contributed by atoms with van der Waals surface area (Å²) < 4.78 is 5.62. The van der Waals surface area contributed by atoms with E-state index < -0.39 is 11.8 Å². The predicted octanol–water partition coefficient (Wildman–Crippen LogP) is 3.53. The average molecular weight is 397 g/mol. The molecule has 7 nitrogen and oxygen atoms in total. The molecule has 3 N–H and O–H groups in total. The lowest BCUT2D eigenvalue weighted by Crippen LogP contribution is -2.41. The molecule has 29 heavy (non-hydrogen) atoms. The maximum absolute atomic E-state index is 12.2. The second-order valence-electron chi connectivity index (χ2n) is 6.94. The highest BCUT2D eigenvalue weighted by atomic mass is 16.5. The van der Waals surface area contributed by atoms with E-state index in [0.717, 1.165) is 6.42 Å². The van der Waals surface area contributed by atoms with Crippen LogP contribution in [0.15, 0.2) is 48.5 Å². The predicted molar refractivity (Wildman–Crippen MR) is 112 cm³/mol. The van der Waals surface area contributed by atoms with Gasteiger partial charge in [0.1, 0.15) is 5.75 Å². The minimum absolute atomic E-state index is 0.106. The molecule has 0 aliphatic carbocycles. The van der Waals surface area contributed by atoms with E-state index in [-0.39, 0.29) is 5.91 Å². The molecule has 0 saturated carbocycles. The van der Waals surface area contributed by atoms with Gasteiger partial charge in [0.05, 0.1) is 6.61 Å². The number of nitrogens with one attached hydrogen (secondary N) is 3. The number of amides is 3. The molecule has 154 valence electrons. The number of hydrogen-bond donors (Lipinski definition) is 3. The third-order valence-electron chi connectivity index (χ3n) is 4.12. The van der Waals surface area contributed by atoms with Gasteiger partial charge in [0.2, 0.25) is 5.91 Å². The fourth-order valence-electron chi connectivity index (χ4n) is 2.33. The lowest BCUT2D eigenvalue weighted by molar-refractivity contribution is -0.115. The molecule has 2 aromatic rings. The number of carbonyl (C=O) groups excluding carboxylic acids is 3. The Morgan fingerprint density at radius 2 is 1.38 bits per heavy atom. The molecule has 0 heterocycles. The van der Waals surface area contributed by atoms with Gasteiger partial charge in [0.15, 0.2) is 0 Å². The monoisotopic (exact) mass is 397 g/mol. The Labute approximate surface area is 170 Å². The van der Waals surface area contributed by atoms with Crippen LogP contribution in [0.5, 0.6) is 5.75 Å². The van der Waals surface area contributed by atoms with Gasteiger partial charge in [-0.1, -0.05) is 20.8 Å². The van der Waals surface area contributed by atoms with Crippen LogP contribution in [-0.4, -0.2) is 24.3 Å². The zero-order valence-electron chi connectivity index (χ0n) is 17.0. The SMILES string of the molecule is CCC(=O)Nc1ccc(C(=O)NNC(=O)c2ccc(OCCC(C)C)cc2)cc1. The van der Waals surface area contributed by atoms with Crippen molar-refractivity contribution in [3.8, 4) is 5.75 Å². The van der Waals surface area contributed by atoms with Crippen molar-refractivity contribution in [2.45, 2.75) is 33.6 Å². The first kappa shape index (κ1) is 21.9. The van der Waals surface area contributed by atoms with Crippen molar-refractivity contribution >= 4 is 23.4 Å². The second kappa shape index (κ2) is 10.8. The third-order valence-corrected chi connectivity index (χ3v) is 4.12. The molecule has 0 unspecified atom stereocenters. The Kier molecular flexibility index (Phi) is 8.21. The summed E-state index contributed by atoms with van der Waals surface area (Å²) >= 11 is 0. The maximum Gasteiger partial charge on any atom is 0.269 e. The van der Waals surface area contributed by atoms with E-state index in [2.05, 4.69) is 30.0 Å². The molecule has 0 atom stereocenters. The second-order valence-corrected chi connectivity index (χ2v) is 6.94. The summed E-state index contributed by atoms with van der Waals surface area (Å²) in [5.41, 5.74) is 6.12. The van der Waals surface area contributed by atoms with Crippen LogP contribution in [0, 0.1) is 5.92 Å². The van der Waals surface area contributed by atoms with E-state index in [1.807, 2.05) is 0 Å². The first-order valence-electron chi connectivity index (χ1n) is 9.62. The molecular formula is C22H27N3O4. The van der Waals surface area contributed by atoms with Gasteiger partial charge in [-0.25, -0.2) is 0 Å². The number of anilines is 1. The summed E-state index contributed by atoms with van der Waals surface area (Å²) in [5.74, 6) is 0.265. The highest BCUT2D eigenvalue weighted by Gasteiger charge is 2.10. The van der Waals surface area contributed by atoms with E-state index in [4.69, 9.17) is 4.74 Å². The standard InChI is InChI=1S/C22H27N3O4/c1-4-20(26)23-18-9-5-16(6-10-18)21(27)24-25-22(28)17-7-11-19(12-8-17)29-14-13-15(2)3/h5-12,15H,4,13-14H2,1-3H3,(H,23,26)(H,24,27)(H,25,28). The largest absolute Gasteiger partial charge is 0.494 e. The number of carbonyl (C=O) groups is 3. The average Bonchev–Trinajstić information content (AvgIpc) is 2.72. The fraction of sp³-hybridized carbons (Fsp3) is 0.318. The third kappa shape index (κ3) is 7.29. The molecule has 2 rings (SSSR count). The van der Waals surface area contributed by atoms with E-state index in [1.54, 1.807) is 55.5 Å². The number of hydrogen-bond acceptors (Lipinski definition) is 4. The van der Waals surface area contributed by atoms with Crippen molar-refractivity contribution in [3.63, 3.8) is 0 Å². The first-order valence-corrected chi connectivity index (χ1v) is 9.62.